The number of ether oxygens (including phenoxy) is 2. The summed E-state index contributed by atoms with van der Waals surface area (Å²) in [5, 5.41) is 0.870. The van der Waals surface area contributed by atoms with E-state index < -0.39 is 5.97 Å². The van der Waals surface area contributed by atoms with E-state index in [1.165, 1.54) is 0 Å². The number of H-pyrrole nitrogens is 1. The van der Waals surface area contributed by atoms with Crippen LogP contribution < -0.4 is 10.3 Å². The molecule has 0 unspecified atom stereocenters. The van der Waals surface area contributed by atoms with E-state index in [1.54, 1.807) is 14.0 Å². The minimum absolute atomic E-state index is 0.0828. The van der Waals surface area contributed by atoms with Crippen molar-refractivity contribution in [3.8, 4) is 16.9 Å². The fraction of sp³-hybridized carbons (Fsp3) is 0.200. The molecule has 0 fully saturated rings. The third kappa shape index (κ3) is 3.40. The van der Waals surface area contributed by atoms with E-state index in [2.05, 4.69) is 4.98 Å². The Kier molecular flexibility index (Phi) is 4.84. The average Bonchev–Trinajstić information content (AvgIpc) is 2.62. The van der Waals surface area contributed by atoms with Crippen molar-refractivity contribution in [3.63, 3.8) is 0 Å². The van der Waals surface area contributed by atoms with Gasteiger partial charge in [0.15, 0.2) is 0 Å². The highest BCUT2D eigenvalue weighted by Crippen LogP contribution is 2.31. The van der Waals surface area contributed by atoms with Gasteiger partial charge in [-0.05, 0) is 30.7 Å². The summed E-state index contributed by atoms with van der Waals surface area (Å²) in [4.78, 5) is 27.5. The lowest BCUT2D eigenvalue weighted by Gasteiger charge is -2.13. The first-order valence-electron chi connectivity index (χ1n) is 8.08. The normalized spacial score (nSPS) is 10.6. The summed E-state index contributed by atoms with van der Waals surface area (Å²) in [6, 6.07) is 15.0. The molecule has 5 heteroatoms. The van der Waals surface area contributed by atoms with E-state index in [4.69, 9.17) is 9.47 Å². The molecule has 0 spiro atoms. The first kappa shape index (κ1) is 16.8. The molecule has 0 saturated carbocycles. The van der Waals surface area contributed by atoms with Gasteiger partial charge in [0.25, 0.3) is 5.56 Å². The second kappa shape index (κ2) is 7.21. The molecule has 0 radical (unpaired) electrons. The van der Waals surface area contributed by atoms with Gasteiger partial charge in [-0.25, -0.2) is 0 Å². The van der Waals surface area contributed by atoms with Gasteiger partial charge in [0.05, 0.1) is 20.1 Å². The SMILES string of the molecule is CCOC(=O)Cc1c(-c2cccc(OC)c2)c2ccccc2[nH]c1=O. The molecule has 3 rings (SSSR count). The van der Waals surface area contributed by atoms with E-state index in [1.807, 2.05) is 48.5 Å². The monoisotopic (exact) mass is 337 g/mol. The number of hydrogen-bond acceptors (Lipinski definition) is 4. The van der Waals surface area contributed by atoms with Crippen LogP contribution in [-0.4, -0.2) is 24.7 Å². The fourth-order valence-electron chi connectivity index (χ4n) is 2.92. The number of fused-ring (bicyclic) bond motifs is 1. The van der Waals surface area contributed by atoms with Gasteiger partial charge in [0.1, 0.15) is 5.75 Å². The smallest absolute Gasteiger partial charge is 0.310 e. The van der Waals surface area contributed by atoms with Crippen LogP contribution in [-0.2, 0) is 16.0 Å². The van der Waals surface area contributed by atoms with E-state index in [9.17, 15) is 9.59 Å². The molecule has 1 aromatic heterocycles. The Balaban J connectivity index is 2.28. The van der Waals surface area contributed by atoms with Crippen LogP contribution >= 0.6 is 0 Å². The summed E-state index contributed by atoms with van der Waals surface area (Å²) in [6.07, 6.45) is -0.0828. The molecule has 128 valence electrons. The van der Waals surface area contributed by atoms with Crippen molar-refractivity contribution in [1.29, 1.82) is 0 Å². The number of rotatable bonds is 5. The second-order valence-electron chi connectivity index (χ2n) is 5.57. The van der Waals surface area contributed by atoms with Crippen molar-refractivity contribution in [2.45, 2.75) is 13.3 Å². The predicted molar refractivity (Wildman–Crippen MR) is 96.9 cm³/mol. The number of nitrogens with one attached hydrogen (secondary N) is 1. The van der Waals surface area contributed by atoms with Crippen LogP contribution in [0.5, 0.6) is 5.75 Å². The average molecular weight is 337 g/mol. The molecule has 1 heterocycles. The summed E-state index contributed by atoms with van der Waals surface area (Å²) in [5.74, 6) is 0.261. The third-order valence-electron chi connectivity index (χ3n) is 4.01. The maximum atomic E-state index is 12.6. The number of benzene rings is 2. The molecule has 0 atom stereocenters. The molecule has 0 amide bonds. The van der Waals surface area contributed by atoms with Crippen LogP contribution in [0.1, 0.15) is 12.5 Å². The van der Waals surface area contributed by atoms with E-state index in [0.29, 0.717) is 11.3 Å². The van der Waals surface area contributed by atoms with Crippen LogP contribution in [0.4, 0.5) is 0 Å². The van der Waals surface area contributed by atoms with Gasteiger partial charge < -0.3 is 14.5 Å². The number of carbonyl (C=O) groups excluding carboxylic acids is 1. The van der Waals surface area contributed by atoms with E-state index in [0.717, 1.165) is 22.0 Å². The molecular formula is C20H19NO4. The van der Waals surface area contributed by atoms with Crippen LogP contribution in [0.2, 0.25) is 0 Å². The fourth-order valence-corrected chi connectivity index (χ4v) is 2.92. The number of aromatic nitrogens is 1. The minimum Gasteiger partial charge on any atom is -0.497 e. The van der Waals surface area contributed by atoms with Gasteiger partial charge in [-0.1, -0.05) is 30.3 Å². The molecule has 0 bridgehead atoms. The molecule has 25 heavy (non-hydrogen) atoms. The summed E-state index contributed by atoms with van der Waals surface area (Å²) in [7, 11) is 1.59. The lowest BCUT2D eigenvalue weighted by molar-refractivity contribution is -0.142. The third-order valence-corrected chi connectivity index (χ3v) is 4.01. The lowest BCUT2D eigenvalue weighted by Crippen LogP contribution is -2.19. The van der Waals surface area contributed by atoms with Crippen molar-refractivity contribution in [3.05, 3.63) is 64.4 Å². The molecule has 0 aliphatic heterocycles. The van der Waals surface area contributed by atoms with Gasteiger partial charge in [-0.3, -0.25) is 9.59 Å². The van der Waals surface area contributed by atoms with Gasteiger partial charge in [-0.2, -0.15) is 0 Å². The Hall–Kier alpha value is -3.08. The Labute approximate surface area is 145 Å². The van der Waals surface area contributed by atoms with Crippen LogP contribution in [0.3, 0.4) is 0 Å². The summed E-state index contributed by atoms with van der Waals surface area (Å²) < 4.78 is 10.3. The zero-order valence-corrected chi connectivity index (χ0v) is 14.2. The highest BCUT2D eigenvalue weighted by molar-refractivity contribution is 5.97. The second-order valence-corrected chi connectivity index (χ2v) is 5.57. The molecule has 0 aliphatic rings. The topological polar surface area (TPSA) is 68.4 Å². The van der Waals surface area contributed by atoms with E-state index >= 15 is 0 Å². The molecule has 5 nitrogen and oxygen atoms in total. The zero-order chi connectivity index (χ0) is 17.8. The number of pyridine rings is 1. The van der Waals surface area contributed by atoms with Crippen LogP contribution in [0.15, 0.2) is 53.3 Å². The molecular weight excluding hydrogens is 318 g/mol. The number of aromatic amines is 1. The van der Waals surface area contributed by atoms with E-state index in [-0.39, 0.29) is 18.6 Å². The van der Waals surface area contributed by atoms with Crippen LogP contribution in [0.25, 0.3) is 22.0 Å². The first-order chi connectivity index (χ1) is 12.1. The summed E-state index contributed by atoms with van der Waals surface area (Å²) >= 11 is 0. The Morgan fingerprint density at radius 3 is 2.68 bits per heavy atom. The molecule has 0 saturated heterocycles. The van der Waals surface area contributed by atoms with Gasteiger partial charge >= 0.3 is 5.97 Å². The van der Waals surface area contributed by atoms with Crippen molar-refractivity contribution in [2.75, 3.05) is 13.7 Å². The molecule has 0 aliphatic carbocycles. The minimum atomic E-state index is -0.424. The van der Waals surface area contributed by atoms with Crippen LogP contribution in [0, 0.1) is 0 Å². The Morgan fingerprint density at radius 1 is 1.12 bits per heavy atom. The lowest BCUT2D eigenvalue weighted by atomic mass is 9.94. The number of hydrogen-bond donors (Lipinski definition) is 1. The van der Waals surface area contributed by atoms with Crippen molar-refractivity contribution >= 4 is 16.9 Å². The largest absolute Gasteiger partial charge is 0.497 e. The predicted octanol–water partition coefficient (Wildman–Crippen LogP) is 3.31. The summed E-state index contributed by atoms with van der Waals surface area (Å²) in [6.45, 7) is 2.02. The standard InChI is InChI=1S/C20H19NO4/c1-3-25-18(22)12-16-19(13-7-6-8-14(11-13)24-2)15-9-4-5-10-17(15)21-20(16)23/h4-11H,3,12H2,1-2H3,(H,21,23). The number of methoxy groups -OCH3 is 1. The van der Waals surface area contributed by atoms with Gasteiger partial charge in [0.2, 0.25) is 0 Å². The maximum Gasteiger partial charge on any atom is 0.310 e. The van der Waals surface area contributed by atoms with Crippen molar-refractivity contribution in [1.82, 2.24) is 4.98 Å². The highest BCUT2D eigenvalue weighted by Gasteiger charge is 2.18. The maximum absolute atomic E-state index is 12.6. The molecule has 1 N–H and O–H groups in total. The van der Waals surface area contributed by atoms with Crippen molar-refractivity contribution in [2.24, 2.45) is 0 Å². The van der Waals surface area contributed by atoms with Gasteiger partial charge in [0, 0.05) is 22.0 Å². The molecule has 3 aromatic rings. The first-order valence-corrected chi connectivity index (χ1v) is 8.08. The number of esters is 1. The summed E-state index contributed by atoms with van der Waals surface area (Å²) in [5.41, 5.74) is 2.38. The zero-order valence-electron chi connectivity index (χ0n) is 14.2. The Morgan fingerprint density at radius 2 is 1.92 bits per heavy atom. The van der Waals surface area contributed by atoms with Crippen molar-refractivity contribution < 1.29 is 14.3 Å². The Bertz CT molecular complexity index is 975. The molecule has 2 aromatic carbocycles. The van der Waals surface area contributed by atoms with Gasteiger partial charge in [-0.15, -0.1) is 0 Å². The number of carbonyl (C=O) groups is 1. The highest BCUT2D eigenvalue weighted by atomic mass is 16.5. The quantitative estimate of drug-likeness (QED) is 0.725. The number of para-hydroxylation sites is 1.